The molecule has 1 fully saturated rings. The highest BCUT2D eigenvalue weighted by molar-refractivity contribution is 9.10. The average Bonchev–Trinajstić information content (AvgIpc) is 2.37. The molecular weight excluding hydrogens is 322 g/mol. The molecule has 104 valence electrons. The second kappa shape index (κ2) is 6.31. The van der Waals surface area contributed by atoms with Crippen molar-refractivity contribution in [3.05, 3.63) is 28.2 Å². The summed E-state index contributed by atoms with van der Waals surface area (Å²) in [6, 6.07) is 5.53. The standard InChI is InChI=1S/C15H20BrNOS/c1-15(7-3-2-4-8-15)10-17-14(18)12-6-5-11(16)9-13(12)19/h5-6,9,19H,2-4,7-8,10H2,1H3,(H,17,18). The van der Waals surface area contributed by atoms with Crippen LogP contribution in [0, 0.1) is 5.41 Å². The molecule has 0 radical (unpaired) electrons. The maximum absolute atomic E-state index is 12.2. The maximum Gasteiger partial charge on any atom is 0.252 e. The highest BCUT2D eigenvalue weighted by atomic mass is 79.9. The van der Waals surface area contributed by atoms with Crippen LogP contribution in [-0.2, 0) is 0 Å². The van der Waals surface area contributed by atoms with E-state index in [1.54, 1.807) is 0 Å². The van der Waals surface area contributed by atoms with Crippen molar-refractivity contribution in [3.8, 4) is 0 Å². The Hall–Kier alpha value is -0.480. The van der Waals surface area contributed by atoms with Crippen molar-refractivity contribution < 1.29 is 4.79 Å². The van der Waals surface area contributed by atoms with E-state index >= 15 is 0 Å². The quantitative estimate of drug-likeness (QED) is 0.782. The predicted molar refractivity (Wildman–Crippen MR) is 84.9 cm³/mol. The number of nitrogens with one attached hydrogen (secondary N) is 1. The summed E-state index contributed by atoms with van der Waals surface area (Å²) < 4.78 is 0.938. The first-order valence-electron chi connectivity index (χ1n) is 6.77. The lowest BCUT2D eigenvalue weighted by atomic mass is 9.76. The van der Waals surface area contributed by atoms with Crippen LogP contribution in [-0.4, -0.2) is 12.5 Å². The smallest absolute Gasteiger partial charge is 0.252 e. The Morgan fingerprint density at radius 3 is 2.68 bits per heavy atom. The van der Waals surface area contributed by atoms with Crippen LogP contribution in [0.5, 0.6) is 0 Å². The van der Waals surface area contributed by atoms with E-state index in [0.717, 1.165) is 11.0 Å². The molecule has 0 unspecified atom stereocenters. The second-order valence-electron chi connectivity index (χ2n) is 5.72. The minimum absolute atomic E-state index is 0.0238. The molecule has 0 saturated heterocycles. The Labute approximate surface area is 128 Å². The fourth-order valence-corrected chi connectivity index (χ4v) is 3.52. The largest absolute Gasteiger partial charge is 0.351 e. The van der Waals surface area contributed by atoms with Gasteiger partial charge in [0.15, 0.2) is 0 Å². The van der Waals surface area contributed by atoms with Gasteiger partial charge in [-0.15, -0.1) is 12.6 Å². The molecule has 1 aromatic rings. The van der Waals surface area contributed by atoms with E-state index in [1.165, 1.54) is 32.1 Å². The van der Waals surface area contributed by atoms with Gasteiger partial charge in [-0.05, 0) is 36.5 Å². The van der Waals surface area contributed by atoms with Crippen LogP contribution in [0.25, 0.3) is 0 Å². The first-order chi connectivity index (χ1) is 9.00. The summed E-state index contributed by atoms with van der Waals surface area (Å²) in [6.07, 6.45) is 6.31. The van der Waals surface area contributed by atoms with Crippen LogP contribution < -0.4 is 5.32 Å². The lowest BCUT2D eigenvalue weighted by Crippen LogP contribution is -2.37. The van der Waals surface area contributed by atoms with Crippen LogP contribution in [0.4, 0.5) is 0 Å². The molecule has 0 aliphatic heterocycles. The molecule has 1 amide bonds. The molecule has 2 rings (SSSR count). The minimum Gasteiger partial charge on any atom is -0.351 e. The summed E-state index contributed by atoms with van der Waals surface area (Å²) in [5.74, 6) is -0.0238. The van der Waals surface area contributed by atoms with E-state index in [4.69, 9.17) is 0 Å². The maximum atomic E-state index is 12.2. The SMILES string of the molecule is CC1(CNC(=O)c2ccc(Br)cc2S)CCCCC1. The van der Waals surface area contributed by atoms with Crippen LogP contribution in [0.2, 0.25) is 0 Å². The molecule has 4 heteroatoms. The van der Waals surface area contributed by atoms with Crippen molar-refractivity contribution in [2.45, 2.75) is 43.9 Å². The van der Waals surface area contributed by atoms with E-state index in [-0.39, 0.29) is 11.3 Å². The Balaban J connectivity index is 1.97. The van der Waals surface area contributed by atoms with Crippen LogP contribution in [0.15, 0.2) is 27.6 Å². The van der Waals surface area contributed by atoms with Crippen LogP contribution in [0.3, 0.4) is 0 Å². The average molecular weight is 342 g/mol. The number of carbonyl (C=O) groups is 1. The van der Waals surface area contributed by atoms with Crippen molar-refractivity contribution in [3.63, 3.8) is 0 Å². The summed E-state index contributed by atoms with van der Waals surface area (Å²) >= 11 is 7.73. The Morgan fingerprint density at radius 1 is 1.37 bits per heavy atom. The van der Waals surface area contributed by atoms with Crippen molar-refractivity contribution in [2.75, 3.05) is 6.54 Å². The van der Waals surface area contributed by atoms with Gasteiger partial charge in [0.05, 0.1) is 5.56 Å². The number of hydrogen-bond donors (Lipinski definition) is 2. The third-order valence-electron chi connectivity index (χ3n) is 3.94. The highest BCUT2D eigenvalue weighted by Gasteiger charge is 2.27. The summed E-state index contributed by atoms with van der Waals surface area (Å²) in [4.78, 5) is 12.9. The predicted octanol–water partition coefficient (Wildman–Crippen LogP) is 4.44. The molecule has 0 atom stereocenters. The van der Waals surface area contributed by atoms with Crippen LogP contribution >= 0.6 is 28.6 Å². The molecule has 1 aliphatic rings. The molecule has 1 aliphatic carbocycles. The molecule has 0 heterocycles. The molecule has 1 N–H and O–H groups in total. The third-order valence-corrected chi connectivity index (χ3v) is 4.80. The first-order valence-corrected chi connectivity index (χ1v) is 8.01. The summed E-state index contributed by atoms with van der Waals surface area (Å²) in [6.45, 7) is 3.03. The lowest BCUT2D eigenvalue weighted by Gasteiger charge is -2.33. The van der Waals surface area contributed by atoms with E-state index in [9.17, 15) is 4.79 Å². The number of halogens is 1. The van der Waals surface area contributed by atoms with Gasteiger partial charge in [-0.1, -0.05) is 42.1 Å². The number of thiol groups is 1. The molecule has 0 spiro atoms. The van der Waals surface area contributed by atoms with Crippen molar-refractivity contribution >= 4 is 34.5 Å². The molecule has 1 saturated carbocycles. The van der Waals surface area contributed by atoms with Crippen molar-refractivity contribution in [2.24, 2.45) is 5.41 Å². The number of benzene rings is 1. The van der Waals surface area contributed by atoms with Crippen molar-refractivity contribution in [1.29, 1.82) is 0 Å². The van der Waals surface area contributed by atoms with Gasteiger partial charge in [-0.25, -0.2) is 0 Å². The molecular formula is C15H20BrNOS. The fourth-order valence-electron chi connectivity index (χ4n) is 2.67. The molecule has 0 aromatic heterocycles. The van der Waals surface area contributed by atoms with Gasteiger partial charge < -0.3 is 5.32 Å². The zero-order chi connectivity index (χ0) is 13.9. The number of amides is 1. The van der Waals surface area contributed by atoms with E-state index in [0.29, 0.717) is 10.5 Å². The third kappa shape index (κ3) is 3.99. The van der Waals surface area contributed by atoms with E-state index in [2.05, 4.69) is 40.8 Å². The monoisotopic (exact) mass is 341 g/mol. The Bertz CT molecular complexity index is 469. The number of carbonyl (C=O) groups excluding carboxylic acids is 1. The number of hydrogen-bond acceptors (Lipinski definition) is 2. The first kappa shape index (κ1) is 14.9. The van der Waals surface area contributed by atoms with E-state index in [1.807, 2.05) is 18.2 Å². The van der Waals surface area contributed by atoms with Crippen molar-refractivity contribution in [1.82, 2.24) is 5.32 Å². The highest BCUT2D eigenvalue weighted by Crippen LogP contribution is 2.35. The van der Waals surface area contributed by atoms with Gasteiger partial charge in [0.1, 0.15) is 0 Å². The summed E-state index contributed by atoms with van der Waals surface area (Å²) in [5.41, 5.74) is 0.908. The minimum atomic E-state index is -0.0238. The molecule has 1 aromatic carbocycles. The number of rotatable bonds is 3. The molecule has 2 nitrogen and oxygen atoms in total. The fraction of sp³-hybridized carbons (Fsp3) is 0.533. The van der Waals surface area contributed by atoms with Gasteiger partial charge in [-0.3, -0.25) is 4.79 Å². The lowest BCUT2D eigenvalue weighted by molar-refractivity contribution is 0.0916. The van der Waals surface area contributed by atoms with Crippen LogP contribution in [0.1, 0.15) is 49.4 Å². The molecule has 19 heavy (non-hydrogen) atoms. The normalized spacial score (nSPS) is 18.1. The summed E-state index contributed by atoms with van der Waals surface area (Å²) in [5, 5.41) is 3.07. The zero-order valence-corrected chi connectivity index (χ0v) is 13.7. The van der Waals surface area contributed by atoms with Gasteiger partial charge in [0, 0.05) is 15.9 Å². The van der Waals surface area contributed by atoms with E-state index < -0.39 is 0 Å². The van der Waals surface area contributed by atoms with Gasteiger partial charge >= 0.3 is 0 Å². The van der Waals surface area contributed by atoms with Gasteiger partial charge in [0.25, 0.3) is 5.91 Å². The topological polar surface area (TPSA) is 29.1 Å². The molecule has 0 bridgehead atoms. The van der Waals surface area contributed by atoms with Gasteiger partial charge in [-0.2, -0.15) is 0 Å². The summed E-state index contributed by atoms with van der Waals surface area (Å²) in [7, 11) is 0. The Morgan fingerprint density at radius 2 is 2.05 bits per heavy atom. The zero-order valence-electron chi connectivity index (χ0n) is 11.2. The second-order valence-corrected chi connectivity index (χ2v) is 7.11. The van der Waals surface area contributed by atoms with Gasteiger partial charge in [0.2, 0.25) is 0 Å². The Kier molecular flexibility index (Phi) is 4.96.